The summed E-state index contributed by atoms with van der Waals surface area (Å²) in [6.07, 6.45) is 1.13. The third-order valence-corrected chi connectivity index (χ3v) is 4.29. The van der Waals surface area contributed by atoms with Crippen molar-refractivity contribution < 1.29 is 14.5 Å². The second-order valence-corrected chi connectivity index (χ2v) is 6.40. The number of benzene rings is 1. The maximum atomic E-state index is 12.1. The summed E-state index contributed by atoms with van der Waals surface area (Å²) in [5, 5.41) is 17.3. The van der Waals surface area contributed by atoms with Crippen LogP contribution < -0.4 is 10.1 Å². The van der Waals surface area contributed by atoms with Crippen molar-refractivity contribution in [1.29, 1.82) is 0 Å². The number of thiazole rings is 1. The first-order valence-corrected chi connectivity index (χ1v) is 8.23. The van der Waals surface area contributed by atoms with Gasteiger partial charge in [-0.3, -0.25) is 4.79 Å². The monoisotopic (exact) mass is 374 g/mol. The molecule has 0 bridgehead atoms. The molecule has 134 valence electrons. The predicted octanol–water partition coefficient (Wildman–Crippen LogP) is 2.27. The lowest BCUT2D eigenvalue weighted by molar-refractivity contribution is -0.394. The van der Waals surface area contributed by atoms with Crippen LogP contribution in [0, 0.1) is 17.0 Å². The van der Waals surface area contributed by atoms with Crippen LogP contribution in [0.4, 0.5) is 11.1 Å². The van der Waals surface area contributed by atoms with Crippen LogP contribution in [0.25, 0.3) is 11.3 Å². The Morgan fingerprint density at radius 1 is 1.38 bits per heavy atom. The molecule has 2 heterocycles. The number of hydrogen-bond donors (Lipinski definition) is 1. The summed E-state index contributed by atoms with van der Waals surface area (Å²) in [7, 11) is 1.60. The summed E-state index contributed by atoms with van der Waals surface area (Å²) in [6.45, 7) is 1.71. The fourth-order valence-corrected chi connectivity index (χ4v) is 3.07. The van der Waals surface area contributed by atoms with E-state index in [1.807, 2.05) is 31.2 Å². The van der Waals surface area contributed by atoms with Gasteiger partial charge in [-0.1, -0.05) is 4.98 Å². The van der Waals surface area contributed by atoms with Crippen molar-refractivity contribution in [3.8, 4) is 17.0 Å². The van der Waals surface area contributed by atoms with E-state index in [0.717, 1.165) is 32.9 Å². The van der Waals surface area contributed by atoms with E-state index in [-0.39, 0.29) is 6.54 Å². The van der Waals surface area contributed by atoms with Gasteiger partial charge in [0.05, 0.1) is 12.8 Å². The minimum Gasteiger partial charge on any atom is -0.497 e. The lowest BCUT2D eigenvalue weighted by Gasteiger charge is -2.02. The summed E-state index contributed by atoms with van der Waals surface area (Å²) < 4.78 is 6.23. The topological polar surface area (TPSA) is 125 Å². The Bertz CT molecular complexity index is 949. The van der Waals surface area contributed by atoms with E-state index in [1.54, 1.807) is 7.11 Å². The number of aryl methyl sites for hydroxylation is 1. The summed E-state index contributed by atoms with van der Waals surface area (Å²) in [5.41, 5.74) is 1.68. The van der Waals surface area contributed by atoms with Gasteiger partial charge in [0.1, 0.15) is 12.3 Å². The third kappa shape index (κ3) is 3.83. The molecule has 1 amide bonds. The van der Waals surface area contributed by atoms with Crippen LogP contribution in [-0.2, 0) is 11.3 Å². The normalized spacial score (nSPS) is 10.5. The molecular weight excluding hydrogens is 360 g/mol. The van der Waals surface area contributed by atoms with Gasteiger partial charge in [-0.2, -0.15) is 4.68 Å². The first-order valence-electron chi connectivity index (χ1n) is 7.42. The number of methoxy groups -OCH3 is 1. The van der Waals surface area contributed by atoms with Gasteiger partial charge in [-0.15, -0.1) is 11.3 Å². The van der Waals surface area contributed by atoms with E-state index in [2.05, 4.69) is 20.4 Å². The first kappa shape index (κ1) is 17.5. The zero-order valence-electron chi connectivity index (χ0n) is 13.9. The fraction of sp³-hybridized carbons (Fsp3) is 0.200. The molecule has 3 aromatic rings. The van der Waals surface area contributed by atoms with Gasteiger partial charge < -0.3 is 20.2 Å². The minimum absolute atomic E-state index is 0.197. The summed E-state index contributed by atoms with van der Waals surface area (Å²) in [4.78, 5) is 30.8. The van der Waals surface area contributed by atoms with E-state index in [4.69, 9.17) is 4.74 Å². The summed E-state index contributed by atoms with van der Waals surface area (Å²) in [6, 6.07) is 7.45. The van der Waals surface area contributed by atoms with Crippen LogP contribution >= 0.6 is 11.3 Å². The Balaban J connectivity index is 1.69. The van der Waals surface area contributed by atoms with Crippen molar-refractivity contribution in [1.82, 2.24) is 19.7 Å². The van der Waals surface area contributed by atoms with Crippen molar-refractivity contribution in [2.24, 2.45) is 0 Å². The Morgan fingerprint density at radius 2 is 2.12 bits per heavy atom. The van der Waals surface area contributed by atoms with E-state index < -0.39 is 16.8 Å². The molecule has 0 unspecified atom stereocenters. The highest BCUT2D eigenvalue weighted by molar-refractivity contribution is 7.16. The number of carbonyl (C=O) groups excluding carboxylic acids is 1. The van der Waals surface area contributed by atoms with Crippen LogP contribution in [0.2, 0.25) is 0 Å². The van der Waals surface area contributed by atoms with E-state index in [9.17, 15) is 14.9 Å². The van der Waals surface area contributed by atoms with Gasteiger partial charge in [-0.05, 0) is 36.1 Å². The van der Waals surface area contributed by atoms with Gasteiger partial charge in [0.15, 0.2) is 5.13 Å². The number of ether oxygens (including phenoxy) is 1. The van der Waals surface area contributed by atoms with Crippen LogP contribution in [-0.4, -0.2) is 37.7 Å². The molecule has 2 aromatic heterocycles. The molecule has 11 heteroatoms. The van der Waals surface area contributed by atoms with Gasteiger partial charge >= 0.3 is 5.95 Å². The number of nitro groups is 1. The molecule has 0 aliphatic rings. The Labute approximate surface area is 151 Å². The van der Waals surface area contributed by atoms with Crippen LogP contribution in [0.15, 0.2) is 30.6 Å². The smallest absolute Gasteiger partial charge is 0.490 e. The lowest BCUT2D eigenvalue weighted by Crippen LogP contribution is -2.19. The fourth-order valence-electron chi connectivity index (χ4n) is 2.22. The molecule has 10 nitrogen and oxygen atoms in total. The molecule has 0 atom stereocenters. The van der Waals surface area contributed by atoms with Gasteiger partial charge in [0.2, 0.25) is 12.2 Å². The molecule has 0 aliphatic heterocycles. The van der Waals surface area contributed by atoms with E-state index >= 15 is 0 Å². The molecule has 0 saturated heterocycles. The van der Waals surface area contributed by atoms with Crippen LogP contribution in [0.5, 0.6) is 5.75 Å². The highest BCUT2D eigenvalue weighted by atomic mass is 32.1. The number of nitrogens with zero attached hydrogens (tertiary/aromatic N) is 5. The number of nitrogens with one attached hydrogen (secondary N) is 1. The van der Waals surface area contributed by atoms with Crippen molar-refractivity contribution in [3.05, 3.63) is 45.6 Å². The quantitative estimate of drug-likeness (QED) is 0.518. The van der Waals surface area contributed by atoms with E-state index in [1.165, 1.54) is 11.3 Å². The maximum Gasteiger partial charge on any atom is 0.490 e. The summed E-state index contributed by atoms with van der Waals surface area (Å²) >= 11 is 1.34. The molecule has 1 aromatic carbocycles. The average Bonchev–Trinajstić information content (AvgIpc) is 3.21. The number of carbonyl (C=O) groups is 1. The molecule has 3 rings (SSSR count). The molecule has 0 aliphatic carbocycles. The van der Waals surface area contributed by atoms with Crippen LogP contribution in [0.1, 0.15) is 4.88 Å². The Morgan fingerprint density at radius 3 is 2.73 bits per heavy atom. The van der Waals surface area contributed by atoms with Crippen molar-refractivity contribution in [2.75, 3.05) is 12.4 Å². The Hall–Kier alpha value is -3.34. The number of rotatable bonds is 6. The SMILES string of the molecule is COc1ccc(-c2nc(NC(=O)Cn3cnc([N+](=O)[O-])n3)sc2C)cc1. The maximum absolute atomic E-state index is 12.1. The number of hydrogen-bond acceptors (Lipinski definition) is 8. The lowest BCUT2D eigenvalue weighted by atomic mass is 10.1. The predicted molar refractivity (Wildman–Crippen MR) is 94.1 cm³/mol. The highest BCUT2D eigenvalue weighted by Gasteiger charge is 2.17. The van der Waals surface area contributed by atoms with E-state index in [0.29, 0.717) is 5.13 Å². The number of amides is 1. The zero-order chi connectivity index (χ0) is 18.7. The standard InChI is InChI=1S/C15H14N6O4S/c1-9-13(10-3-5-11(25-2)6-4-10)18-15(26-9)17-12(22)7-20-8-16-14(19-20)21(23)24/h3-6,8H,7H2,1-2H3,(H,17,18,22). The minimum atomic E-state index is -0.722. The second-order valence-electron chi connectivity index (χ2n) is 5.20. The molecular formula is C15H14N6O4S. The zero-order valence-corrected chi connectivity index (χ0v) is 14.7. The summed E-state index contributed by atoms with van der Waals surface area (Å²) in [5.74, 6) is -0.207. The average molecular weight is 374 g/mol. The molecule has 1 N–H and O–H groups in total. The highest BCUT2D eigenvalue weighted by Crippen LogP contribution is 2.31. The molecule has 26 heavy (non-hydrogen) atoms. The van der Waals surface area contributed by atoms with Crippen molar-refractivity contribution in [2.45, 2.75) is 13.5 Å². The molecule has 0 saturated carbocycles. The van der Waals surface area contributed by atoms with Crippen molar-refractivity contribution >= 4 is 28.3 Å². The molecule has 0 spiro atoms. The first-order chi connectivity index (χ1) is 12.5. The Kier molecular flexibility index (Phi) is 4.89. The third-order valence-electron chi connectivity index (χ3n) is 3.40. The van der Waals surface area contributed by atoms with Crippen LogP contribution in [0.3, 0.4) is 0 Å². The number of aromatic nitrogens is 4. The van der Waals surface area contributed by atoms with Gasteiger partial charge in [0, 0.05) is 15.5 Å². The van der Waals surface area contributed by atoms with Gasteiger partial charge in [-0.25, -0.2) is 4.98 Å². The molecule has 0 fully saturated rings. The largest absolute Gasteiger partial charge is 0.497 e. The van der Waals surface area contributed by atoms with Crippen molar-refractivity contribution in [3.63, 3.8) is 0 Å². The van der Waals surface area contributed by atoms with Gasteiger partial charge in [0.25, 0.3) is 0 Å². The molecule has 0 radical (unpaired) electrons. The second kappa shape index (κ2) is 7.27. The number of anilines is 1.